The van der Waals surface area contributed by atoms with E-state index in [0.717, 1.165) is 19.6 Å². The van der Waals surface area contributed by atoms with Gasteiger partial charge in [-0.2, -0.15) is 0 Å². The average molecular weight is 244 g/mol. The topological polar surface area (TPSA) is 56.3 Å². The van der Waals surface area contributed by atoms with Crippen molar-refractivity contribution in [3.05, 3.63) is 17.0 Å². The molecule has 1 aromatic heterocycles. The normalized spacial score (nSPS) is 20.0. The summed E-state index contributed by atoms with van der Waals surface area (Å²) in [6.07, 6.45) is 1.05. The minimum Gasteiger partial charge on any atom is -0.381 e. The van der Waals surface area contributed by atoms with E-state index < -0.39 is 0 Å². The second kappa shape index (κ2) is 5.43. The summed E-state index contributed by atoms with van der Waals surface area (Å²) in [5, 5.41) is 0.405. The van der Waals surface area contributed by atoms with Crippen molar-refractivity contribution in [1.29, 1.82) is 0 Å². The van der Waals surface area contributed by atoms with Gasteiger partial charge in [-0.1, -0.05) is 11.6 Å². The SMILES string of the molecule is Cc1nc(Cl)cc(NOCC2CCOC2)n1. The minimum atomic E-state index is 0.405. The molecule has 0 radical (unpaired) electrons. The number of anilines is 1. The third-order valence-electron chi connectivity index (χ3n) is 2.33. The molecule has 0 spiro atoms. The number of aromatic nitrogens is 2. The van der Waals surface area contributed by atoms with E-state index in [1.807, 2.05) is 0 Å². The van der Waals surface area contributed by atoms with Gasteiger partial charge in [0.05, 0.1) is 13.2 Å². The van der Waals surface area contributed by atoms with Gasteiger partial charge in [-0.3, -0.25) is 4.84 Å². The lowest BCUT2D eigenvalue weighted by Crippen LogP contribution is -2.13. The molecule has 88 valence electrons. The third-order valence-corrected chi connectivity index (χ3v) is 2.52. The van der Waals surface area contributed by atoms with Crippen molar-refractivity contribution in [1.82, 2.24) is 9.97 Å². The van der Waals surface area contributed by atoms with Gasteiger partial charge in [-0.15, -0.1) is 0 Å². The number of nitrogens with zero attached hydrogens (tertiary/aromatic N) is 2. The van der Waals surface area contributed by atoms with Crippen LogP contribution in [0.25, 0.3) is 0 Å². The van der Waals surface area contributed by atoms with Crippen LogP contribution < -0.4 is 5.48 Å². The summed E-state index contributed by atoms with van der Waals surface area (Å²) in [5.74, 6) is 1.66. The van der Waals surface area contributed by atoms with E-state index in [-0.39, 0.29) is 0 Å². The first kappa shape index (κ1) is 11.6. The monoisotopic (exact) mass is 243 g/mol. The highest BCUT2D eigenvalue weighted by atomic mass is 35.5. The lowest BCUT2D eigenvalue weighted by atomic mass is 10.1. The van der Waals surface area contributed by atoms with Crippen molar-refractivity contribution >= 4 is 17.4 Å². The van der Waals surface area contributed by atoms with E-state index in [2.05, 4.69) is 15.4 Å². The molecule has 1 N–H and O–H groups in total. The maximum atomic E-state index is 5.79. The Morgan fingerprint density at radius 2 is 2.50 bits per heavy atom. The van der Waals surface area contributed by atoms with Gasteiger partial charge in [0, 0.05) is 18.6 Å². The number of halogens is 1. The number of aryl methyl sites for hydroxylation is 1. The third kappa shape index (κ3) is 3.30. The fourth-order valence-electron chi connectivity index (χ4n) is 1.53. The van der Waals surface area contributed by atoms with Gasteiger partial charge < -0.3 is 4.74 Å². The highest BCUT2D eigenvalue weighted by Gasteiger charge is 2.15. The van der Waals surface area contributed by atoms with Crippen LogP contribution in [0.2, 0.25) is 5.15 Å². The summed E-state index contributed by atoms with van der Waals surface area (Å²) < 4.78 is 5.24. The van der Waals surface area contributed by atoms with Crippen LogP contribution in [0.3, 0.4) is 0 Å². The van der Waals surface area contributed by atoms with E-state index in [1.165, 1.54) is 0 Å². The van der Waals surface area contributed by atoms with Crippen molar-refractivity contribution < 1.29 is 9.57 Å². The number of hydrogen-bond donors (Lipinski definition) is 1. The van der Waals surface area contributed by atoms with Gasteiger partial charge in [-0.05, 0) is 13.3 Å². The molecule has 1 aliphatic heterocycles. The van der Waals surface area contributed by atoms with Crippen LogP contribution in [0.1, 0.15) is 12.2 Å². The Hall–Kier alpha value is -0.910. The summed E-state index contributed by atoms with van der Waals surface area (Å²) in [6, 6.07) is 1.62. The number of rotatable bonds is 4. The summed E-state index contributed by atoms with van der Waals surface area (Å²) in [6.45, 7) is 3.99. The summed E-state index contributed by atoms with van der Waals surface area (Å²) in [5.41, 5.74) is 2.76. The highest BCUT2D eigenvalue weighted by molar-refractivity contribution is 6.29. The molecule has 0 bridgehead atoms. The van der Waals surface area contributed by atoms with Crippen LogP contribution >= 0.6 is 11.6 Å². The quantitative estimate of drug-likeness (QED) is 0.646. The molecule has 0 aliphatic carbocycles. The molecule has 5 nitrogen and oxygen atoms in total. The number of nitrogens with one attached hydrogen (secondary N) is 1. The van der Waals surface area contributed by atoms with Gasteiger partial charge >= 0.3 is 0 Å². The first-order chi connectivity index (χ1) is 7.74. The fourth-order valence-corrected chi connectivity index (χ4v) is 1.76. The fraction of sp³-hybridized carbons (Fsp3) is 0.600. The van der Waals surface area contributed by atoms with Gasteiger partial charge in [0.1, 0.15) is 11.0 Å². The Morgan fingerprint density at radius 3 is 3.19 bits per heavy atom. The molecule has 2 rings (SSSR count). The molecule has 0 aromatic carbocycles. The van der Waals surface area contributed by atoms with Crippen molar-refractivity contribution in [3.8, 4) is 0 Å². The average Bonchev–Trinajstić information content (AvgIpc) is 2.69. The lowest BCUT2D eigenvalue weighted by Gasteiger charge is -2.10. The summed E-state index contributed by atoms with van der Waals surface area (Å²) in [7, 11) is 0. The molecule has 1 aliphatic rings. The van der Waals surface area contributed by atoms with Gasteiger partial charge in [0.15, 0.2) is 5.82 Å². The molecule has 6 heteroatoms. The predicted molar refractivity (Wildman–Crippen MR) is 60.3 cm³/mol. The zero-order chi connectivity index (χ0) is 11.4. The zero-order valence-electron chi connectivity index (χ0n) is 9.07. The second-order valence-electron chi connectivity index (χ2n) is 3.77. The first-order valence-corrected chi connectivity index (χ1v) is 5.58. The molecule has 2 heterocycles. The van der Waals surface area contributed by atoms with Gasteiger partial charge in [0.25, 0.3) is 0 Å². The largest absolute Gasteiger partial charge is 0.381 e. The molecule has 1 unspecified atom stereocenters. The first-order valence-electron chi connectivity index (χ1n) is 5.21. The zero-order valence-corrected chi connectivity index (χ0v) is 9.83. The van der Waals surface area contributed by atoms with Crippen molar-refractivity contribution in [2.24, 2.45) is 5.92 Å². The van der Waals surface area contributed by atoms with E-state index in [0.29, 0.717) is 29.3 Å². The molecule has 16 heavy (non-hydrogen) atoms. The van der Waals surface area contributed by atoms with Crippen LogP contribution in [-0.2, 0) is 9.57 Å². The number of hydrogen-bond acceptors (Lipinski definition) is 5. The molecule has 1 saturated heterocycles. The van der Waals surface area contributed by atoms with Crippen molar-refractivity contribution in [3.63, 3.8) is 0 Å². The molecule has 0 saturated carbocycles. The lowest BCUT2D eigenvalue weighted by molar-refractivity contribution is 0.126. The van der Waals surface area contributed by atoms with E-state index in [1.54, 1.807) is 13.0 Å². The van der Waals surface area contributed by atoms with Gasteiger partial charge in [-0.25, -0.2) is 15.4 Å². The molecular weight excluding hydrogens is 230 g/mol. The summed E-state index contributed by atoms with van der Waals surface area (Å²) in [4.78, 5) is 13.4. The molecule has 1 atom stereocenters. The molecule has 1 fully saturated rings. The number of ether oxygens (including phenoxy) is 1. The van der Waals surface area contributed by atoms with Crippen LogP contribution in [-0.4, -0.2) is 29.8 Å². The maximum absolute atomic E-state index is 5.79. The Labute approximate surface area is 99.1 Å². The molecule has 0 amide bonds. The van der Waals surface area contributed by atoms with Crippen LogP contribution in [0.15, 0.2) is 6.07 Å². The second-order valence-corrected chi connectivity index (χ2v) is 4.15. The van der Waals surface area contributed by atoms with Crippen LogP contribution in [0, 0.1) is 12.8 Å². The minimum absolute atomic E-state index is 0.405. The summed E-state index contributed by atoms with van der Waals surface area (Å²) >= 11 is 5.79. The Kier molecular flexibility index (Phi) is 3.93. The van der Waals surface area contributed by atoms with Gasteiger partial charge in [0.2, 0.25) is 0 Å². The Bertz CT molecular complexity index is 336. The maximum Gasteiger partial charge on any atom is 0.154 e. The predicted octanol–water partition coefficient (Wildman–Crippen LogP) is 1.82. The Morgan fingerprint density at radius 1 is 1.62 bits per heavy atom. The van der Waals surface area contributed by atoms with Crippen LogP contribution in [0.4, 0.5) is 5.82 Å². The van der Waals surface area contributed by atoms with Crippen LogP contribution in [0.5, 0.6) is 0 Å². The van der Waals surface area contributed by atoms with E-state index in [4.69, 9.17) is 21.2 Å². The molecule has 1 aromatic rings. The highest BCUT2D eigenvalue weighted by Crippen LogP contribution is 2.14. The smallest absolute Gasteiger partial charge is 0.154 e. The van der Waals surface area contributed by atoms with Crippen molar-refractivity contribution in [2.75, 3.05) is 25.3 Å². The van der Waals surface area contributed by atoms with Crippen molar-refractivity contribution in [2.45, 2.75) is 13.3 Å². The standard InChI is InChI=1S/C10H14ClN3O2/c1-7-12-9(11)4-10(13-7)14-16-6-8-2-3-15-5-8/h4,8H,2-3,5-6H2,1H3,(H,12,13,14). The van der Waals surface area contributed by atoms with E-state index >= 15 is 0 Å². The van der Waals surface area contributed by atoms with E-state index in [9.17, 15) is 0 Å². The molecular formula is C10H14ClN3O2. The Balaban J connectivity index is 1.80.